The molecule has 0 radical (unpaired) electrons. The van der Waals surface area contributed by atoms with Crippen molar-refractivity contribution in [1.82, 2.24) is 13.7 Å². The molecule has 0 fully saturated rings. The van der Waals surface area contributed by atoms with E-state index in [9.17, 15) is 0 Å². The summed E-state index contributed by atoms with van der Waals surface area (Å²) < 4.78 is 6.90. The van der Waals surface area contributed by atoms with Gasteiger partial charge in [0.15, 0.2) is 5.84 Å². The number of nitrogens with zero attached hydrogens (tertiary/aromatic N) is 4. The number of nitrogens with one attached hydrogen (secondary N) is 1. The van der Waals surface area contributed by atoms with E-state index in [0.717, 1.165) is 27.4 Å². The molecule has 0 bridgehead atoms. The van der Waals surface area contributed by atoms with E-state index in [0.29, 0.717) is 5.84 Å². The van der Waals surface area contributed by atoms with Gasteiger partial charge in [0.2, 0.25) is 0 Å². The summed E-state index contributed by atoms with van der Waals surface area (Å²) in [5.74, 6) is 0.494. The van der Waals surface area contributed by atoms with E-state index in [1.54, 1.807) is 6.08 Å². The summed E-state index contributed by atoms with van der Waals surface area (Å²) in [5.41, 5.74) is 22.0. The van der Waals surface area contributed by atoms with Crippen LogP contribution in [-0.4, -0.2) is 25.4 Å². The van der Waals surface area contributed by atoms with Gasteiger partial charge in [0, 0.05) is 77.8 Å². The first kappa shape index (κ1) is 50.7. The number of amidine groups is 2. The van der Waals surface area contributed by atoms with E-state index in [1.165, 1.54) is 87.9 Å². The Labute approximate surface area is 461 Å². The maximum atomic E-state index is 8.83. The zero-order valence-corrected chi connectivity index (χ0v) is 45.2. The molecule has 380 valence electrons. The zero-order valence-electron chi connectivity index (χ0n) is 44.3. The van der Waals surface area contributed by atoms with Gasteiger partial charge in [-0.2, -0.15) is 0 Å². The summed E-state index contributed by atoms with van der Waals surface area (Å²) in [4.78, 5) is 5.47. The standard InChI is InChI=1S/C47H35N5.C14H11NS.C7H8.C3H6/c1-47(2)40-26-32(46(49)50-45(48)29-11-5-3-6-12-29)18-20-35(40)36-22-19-34(28-41(36)47)52-42-16-10-9-15-37(42)38-21-17-30-27-43-31(25-39(30)44(38)52)23-24-51(43)33-13-7-4-8-14-33;16-13-7-6-11-8-9-15(14(11)10-13)12-4-2-1-3-5-12;1-7-5-3-2-4-6-7;1-3-2/h3-28H,1-2H3,(H3,48,49,50);1-10,16H;2-6H,1H3;3H,1H2,2H3. The molecule has 0 unspecified atom stereocenters. The number of thiol groups is 1. The number of aliphatic imine (C=N–C) groups is 1. The SMILES string of the molecule is C=CC.CC1(C)c2cc(C(=N)N=C(N)c3ccccc3)ccc2-c2ccc(-n3c4ccccc4c4ccc5cc6c(ccn6-c6ccccc6)cc5c43)cc21.Cc1ccccc1.Sc1ccc2ccn(-c3ccccc3)c2c1. The number of hydrogen-bond donors (Lipinski definition) is 3. The van der Waals surface area contributed by atoms with E-state index in [2.05, 4.69) is 229 Å². The van der Waals surface area contributed by atoms with Crippen LogP contribution in [0.1, 0.15) is 48.6 Å². The molecule has 0 saturated heterocycles. The predicted molar refractivity (Wildman–Crippen MR) is 334 cm³/mol. The molecular formula is C71H60N6S. The third-order valence-corrected chi connectivity index (χ3v) is 14.9. The highest BCUT2D eigenvalue weighted by Gasteiger charge is 2.36. The second-order valence-corrected chi connectivity index (χ2v) is 20.6. The van der Waals surface area contributed by atoms with E-state index < -0.39 is 0 Å². The Hall–Kier alpha value is -9.43. The fraction of sp³-hybridized carbons (Fsp3) is 0.0704. The quantitative estimate of drug-likeness (QED) is 0.0683. The Morgan fingerprint density at radius 3 is 1.71 bits per heavy atom. The first-order valence-electron chi connectivity index (χ1n) is 26.3. The number of allylic oxidation sites excluding steroid dienone is 1. The summed E-state index contributed by atoms with van der Waals surface area (Å²) in [6.45, 7) is 11.9. The molecule has 1 aliphatic rings. The number of para-hydroxylation sites is 3. The first-order valence-corrected chi connectivity index (χ1v) is 26.7. The fourth-order valence-corrected chi connectivity index (χ4v) is 11.0. The highest BCUT2D eigenvalue weighted by molar-refractivity contribution is 7.80. The number of hydrogen-bond acceptors (Lipinski definition) is 2. The Morgan fingerprint density at radius 1 is 0.513 bits per heavy atom. The Morgan fingerprint density at radius 2 is 1.06 bits per heavy atom. The van der Waals surface area contributed by atoms with Crippen molar-refractivity contribution in [1.29, 1.82) is 5.41 Å². The van der Waals surface area contributed by atoms with Gasteiger partial charge in [-0.1, -0.05) is 177 Å². The molecule has 13 aromatic rings. The van der Waals surface area contributed by atoms with Crippen LogP contribution in [0, 0.1) is 12.3 Å². The molecule has 14 rings (SSSR count). The molecule has 78 heavy (non-hydrogen) atoms. The van der Waals surface area contributed by atoms with Gasteiger partial charge in [0.25, 0.3) is 0 Å². The van der Waals surface area contributed by atoms with Gasteiger partial charge in [-0.3, -0.25) is 5.41 Å². The van der Waals surface area contributed by atoms with Crippen LogP contribution in [0.4, 0.5) is 0 Å². The fourth-order valence-electron chi connectivity index (χ4n) is 10.8. The van der Waals surface area contributed by atoms with Crippen molar-refractivity contribution >= 4 is 78.7 Å². The van der Waals surface area contributed by atoms with Crippen molar-refractivity contribution in [2.75, 3.05) is 0 Å². The lowest BCUT2D eigenvalue weighted by molar-refractivity contribution is 0.659. The van der Waals surface area contributed by atoms with Crippen LogP contribution in [0.2, 0.25) is 0 Å². The molecule has 1 aliphatic carbocycles. The third-order valence-electron chi connectivity index (χ3n) is 14.6. The molecule has 10 aromatic carbocycles. The minimum absolute atomic E-state index is 0.155. The Balaban J connectivity index is 0.000000203. The minimum atomic E-state index is -0.293. The van der Waals surface area contributed by atoms with Crippen molar-refractivity contribution in [3.63, 3.8) is 0 Å². The maximum Gasteiger partial charge on any atom is 0.154 e. The second-order valence-electron chi connectivity index (χ2n) is 20.1. The molecular weight excluding hydrogens is 969 g/mol. The lowest BCUT2D eigenvalue weighted by atomic mass is 9.81. The highest BCUT2D eigenvalue weighted by Crippen LogP contribution is 2.50. The number of rotatable bonds is 5. The molecule has 6 nitrogen and oxygen atoms in total. The van der Waals surface area contributed by atoms with Crippen LogP contribution in [0.25, 0.3) is 82.6 Å². The molecule has 0 aliphatic heterocycles. The number of aryl methyl sites for hydroxylation is 1. The van der Waals surface area contributed by atoms with Gasteiger partial charge in [0.1, 0.15) is 5.84 Å². The molecule has 0 amide bonds. The topological polar surface area (TPSA) is 77.0 Å². The molecule has 3 N–H and O–H groups in total. The van der Waals surface area contributed by atoms with Crippen LogP contribution in [0.5, 0.6) is 0 Å². The predicted octanol–water partition coefficient (Wildman–Crippen LogP) is 18.0. The smallest absolute Gasteiger partial charge is 0.154 e. The molecule has 0 spiro atoms. The zero-order chi connectivity index (χ0) is 53.9. The van der Waals surface area contributed by atoms with Crippen molar-refractivity contribution in [3.05, 3.63) is 289 Å². The molecule has 0 saturated carbocycles. The molecule has 0 atom stereocenters. The van der Waals surface area contributed by atoms with Crippen LogP contribution < -0.4 is 5.73 Å². The third kappa shape index (κ3) is 9.72. The summed E-state index contributed by atoms with van der Waals surface area (Å²) >= 11 is 4.38. The van der Waals surface area contributed by atoms with E-state index in [1.807, 2.05) is 85.8 Å². The van der Waals surface area contributed by atoms with Crippen LogP contribution >= 0.6 is 12.6 Å². The van der Waals surface area contributed by atoms with Crippen LogP contribution in [0.15, 0.2) is 272 Å². The van der Waals surface area contributed by atoms with Crippen molar-refractivity contribution < 1.29 is 0 Å². The summed E-state index contributed by atoms with van der Waals surface area (Å²) in [7, 11) is 0. The van der Waals surface area contributed by atoms with Gasteiger partial charge in [0.05, 0.1) is 22.1 Å². The monoisotopic (exact) mass is 1030 g/mol. The van der Waals surface area contributed by atoms with Gasteiger partial charge in [-0.15, -0.1) is 19.2 Å². The average Bonchev–Trinajstić information content (AvgIpc) is 4.43. The molecule has 3 aromatic heterocycles. The number of fused-ring (bicyclic) bond motifs is 10. The lowest BCUT2D eigenvalue weighted by Gasteiger charge is -2.23. The van der Waals surface area contributed by atoms with Crippen LogP contribution in [0.3, 0.4) is 0 Å². The maximum absolute atomic E-state index is 8.83. The van der Waals surface area contributed by atoms with E-state index in [4.69, 9.17) is 11.1 Å². The largest absolute Gasteiger partial charge is 0.383 e. The normalized spacial score (nSPS) is 12.2. The van der Waals surface area contributed by atoms with Gasteiger partial charge < -0.3 is 19.4 Å². The summed E-state index contributed by atoms with van der Waals surface area (Å²) in [5, 5.41) is 16.2. The second kappa shape index (κ2) is 21.7. The Kier molecular flexibility index (Phi) is 14.1. The number of nitrogens with two attached hydrogens (primary N) is 1. The molecule has 3 heterocycles. The summed E-state index contributed by atoms with van der Waals surface area (Å²) in [6.07, 6.45) is 6.01. The van der Waals surface area contributed by atoms with Gasteiger partial charge >= 0.3 is 0 Å². The van der Waals surface area contributed by atoms with Crippen molar-refractivity contribution in [3.8, 4) is 28.2 Å². The lowest BCUT2D eigenvalue weighted by Crippen LogP contribution is -2.17. The number of benzene rings is 10. The van der Waals surface area contributed by atoms with Crippen molar-refractivity contribution in [2.24, 2.45) is 10.7 Å². The minimum Gasteiger partial charge on any atom is -0.383 e. The summed E-state index contributed by atoms with van der Waals surface area (Å²) in [6, 6.07) is 82.4. The van der Waals surface area contributed by atoms with E-state index >= 15 is 0 Å². The number of aromatic nitrogens is 3. The first-order chi connectivity index (χ1) is 38.0. The van der Waals surface area contributed by atoms with Gasteiger partial charge in [-0.05, 0) is 126 Å². The van der Waals surface area contributed by atoms with Crippen molar-refractivity contribution in [2.45, 2.75) is 38.0 Å². The van der Waals surface area contributed by atoms with Gasteiger partial charge in [-0.25, -0.2) is 4.99 Å². The molecule has 7 heteroatoms. The Bertz CT molecular complexity index is 4350. The highest BCUT2D eigenvalue weighted by atomic mass is 32.1. The van der Waals surface area contributed by atoms with E-state index in [-0.39, 0.29) is 11.3 Å². The van der Waals surface area contributed by atoms with Crippen LogP contribution in [-0.2, 0) is 5.41 Å². The average molecular weight is 1030 g/mol.